The minimum absolute atomic E-state index is 0.00862. The van der Waals surface area contributed by atoms with Crippen molar-refractivity contribution in [3.05, 3.63) is 63.6 Å². The highest BCUT2D eigenvalue weighted by molar-refractivity contribution is 6.34. The number of hydrogen-bond donors (Lipinski definition) is 1. The van der Waals surface area contributed by atoms with Crippen LogP contribution in [0.2, 0.25) is 10.0 Å². The van der Waals surface area contributed by atoms with E-state index < -0.39 is 0 Å². The first-order chi connectivity index (χ1) is 13.5. The molecule has 1 aliphatic heterocycles. The number of amides is 2. The van der Waals surface area contributed by atoms with Gasteiger partial charge in [-0.2, -0.15) is 0 Å². The van der Waals surface area contributed by atoms with Crippen molar-refractivity contribution in [1.82, 2.24) is 10.2 Å². The van der Waals surface area contributed by atoms with Crippen LogP contribution in [0.1, 0.15) is 15.9 Å². The monoisotopic (exact) mass is 422 g/mol. The summed E-state index contributed by atoms with van der Waals surface area (Å²) in [6.45, 7) is 2.50. The van der Waals surface area contributed by atoms with Gasteiger partial charge in [-0.05, 0) is 29.8 Å². The number of carbonyl (C=O) groups is 2. The van der Waals surface area contributed by atoms with Gasteiger partial charge in [-0.15, -0.1) is 0 Å². The lowest BCUT2D eigenvalue weighted by molar-refractivity contribution is -0.123. The molecule has 0 spiro atoms. The molecule has 8 heteroatoms. The van der Waals surface area contributed by atoms with Crippen LogP contribution in [-0.2, 0) is 16.1 Å². The third-order valence-corrected chi connectivity index (χ3v) is 4.79. The predicted molar refractivity (Wildman–Crippen MR) is 107 cm³/mol. The van der Waals surface area contributed by atoms with Crippen LogP contribution in [0.15, 0.2) is 42.5 Å². The first kappa shape index (κ1) is 20.5. The van der Waals surface area contributed by atoms with Gasteiger partial charge in [-0.25, -0.2) is 0 Å². The minimum atomic E-state index is -0.287. The van der Waals surface area contributed by atoms with Gasteiger partial charge in [0.2, 0.25) is 0 Å². The zero-order chi connectivity index (χ0) is 19.9. The predicted octanol–water partition coefficient (Wildman–Crippen LogP) is 3.16. The van der Waals surface area contributed by atoms with E-state index >= 15 is 0 Å². The third-order valence-electron chi connectivity index (χ3n) is 4.24. The minimum Gasteiger partial charge on any atom is -0.482 e. The summed E-state index contributed by atoms with van der Waals surface area (Å²) in [4.78, 5) is 26.2. The smallest absolute Gasteiger partial charge is 0.258 e. The molecule has 28 heavy (non-hydrogen) atoms. The van der Waals surface area contributed by atoms with Gasteiger partial charge < -0.3 is 19.7 Å². The number of hydrogen-bond acceptors (Lipinski definition) is 4. The normalized spacial score (nSPS) is 13.9. The number of rotatable bonds is 6. The van der Waals surface area contributed by atoms with E-state index in [0.29, 0.717) is 54.2 Å². The Kier molecular flexibility index (Phi) is 7.14. The summed E-state index contributed by atoms with van der Waals surface area (Å²) in [6.07, 6.45) is 0. The molecule has 2 amide bonds. The Morgan fingerprint density at radius 2 is 1.79 bits per heavy atom. The number of morpholine rings is 1. The first-order valence-electron chi connectivity index (χ1n) is 8.83. The summed E-state index contributed by atoms with van der Waals surface area (Å²) in [6, 6.07) is 12.0. The van der Waals surface area contributed by atoms with Crippen LogP contribution < -0.4 is 10.1 Å². The molecule has 1 fully saturated rings. The van der Waals surface area contributed by atoms with E-state index in [-0.39, 0.29) is 18.4 Å². The molecule has 0 aromatic heterocycles. The first-order valence-corrected chi connectivity index (χ1v) is 9.59. The van der Waals surface area contributed by atoms with Crippen molar-refractivity contribution in [3.63, 3.8) is 0 Å². The summed E-state index contributed by atoms with van der Waals surface area (Å²) in [5.41, 5.74) is 1.50. The molecule has 0 atom stereocenters. The van der Waals surface area contributed by atoms with Gasteiger partial charge in [0.25, 0.3) is 11.8 Å². The molecule has 1 heterocycles. The quantitative estimate of drug-likeness (QED) is 0.775. The summed E-state index contributed by atoms with van der Waals surface area (Å²) in [5, 5.41) is 3.63. The zero-order valence-electron chi connectivity index (χ0n) is 15.1. The van der Waals surface area contributed by atoms with Crippen molar-refractivity contribution in [3.8, 4) is 5.75 Å². The number of carbonyl (C=O) groups excluding carboxylic acids is 2. The van der Waals surface area contributed by atoms with Gasteiger partial charge in [-0.3, -0.25) is 9.59 Å². The lowest BCUT2D eigenvalue weighted by atomic mass is 10.1. The van der Waals surface area contributed by atoms with Crippen molar-refractivity contribution < 1.29 is 19.1 Å². The van der Waals surface area contributed by atoms with Gasteiger partial charge in [0.15, 0.2) is 6.61 Å². The number of benzene rings is 2. The summed E-state index contributed by atoms with van der Waals surface area (Å²) in [7, 11) is 0. The van der Waals surface area contributed by atoms with Crippen LogP contribution in [0.25, 0.3) is 0 Å². The van der Waals surface area contributed by atoms with Crippen LogP contribution in [-0.4, -0.2) is 49.6 Å². The molecule has 6 nitrogen and oxygen atoms in total. The molecule has 0 radical (unpaired) electrons. The second-order valence-corrected chi connectivity index (χ2v) is 7.09. The van der Waals surface area contributed by atoms with Crippen LogP contribution >= 0.6 is 23.2 Å². The molecule has 0 aliphatic carbocycles. The highest BCUT2D eigenvalue weighted by atomic mass is 35.5. The van der Waals surface area contributed by atoms with Crippen molar-refractivity contribution >= 4 is 35.0 Å². The zero-order valence-corrected chi connectivity index (χ0v) is 16.6. The number of nitrogens with one attached hydrogen (secondary N) is 1. The average Bonchev–Trinajstić information content (AvgIpc) is 2.73. The topological polar surface area (TPSA) is 67.9 Å². The number of nitrogens with zero attached hydrogens (tertiary/aromatic N) is 1. The summed E-state index contributed by atoms with van der Waals surface area (Å²) in [5.74, 6) is 0.0606. The maximum Gasteiger partial charge on any atom is 0.258 e. The van der Waals surface area contributed by atoms with Gasteiger partial charge in [-0.1, -0.05) is 35.3 Å². The second kappa shape index (κ2) is 9.78. The molecule has 0 saturated carbocycles. The molecule has 2 aromatic rings. The van der Waals surface area contributed by atoms with E-state index in [0.717, 1.165) is 5.56 Å². The second-order valence-electron chi connectivity index (χ2n) is 6.24. The maximum atomic E-state index is 12.4. The van der Waals surface area contributed by atoms with E-state index in [9.17, 15) is 9.59 Å². The fraction of sp³-hybridized carbons (Fsp3) is 0.300. The molecule has 0 unspecified atom stereocenters. The highest BCUT2D eigenvalue weighted by Gasteiger charge is 2.18. The Balaban J connectivity index is 1.47. The van der Waals surface area contributed by atoms with Crippen molar-refractivity contribution in [1.29, 1.82) is 0 Å². The Labute approximate surface area is 173 Å². The molecular formula is C20H20Cl2N2O4. The van der Waals surface area contributed by atoms with E-state index in [1.165, 1.54) is 0 Å². The van der Waals surface area contributed by atoms with Crippen LogP contribution in [0.3, 0.4) is 0 Å². The van der Waals surface area contributed by atoms with Crippen LogP contribution in [0.4, 0.5) is 0 Å². The fourth-order valence-corrected chi connectivity index (χ4v) is 3.03. The lowest BCUT2D eigenvalue weighted by Crippen LogP contribution is -2.40. The van der Waals surface area contributed by atoms with Crippen molar-refractivity contribution in [2.45, 2.75) is 6.54 Å². The fourth-order valence-electron chi connectivity index (χ4n) is 2.70. The Morgan fingerprint density at radius 3 is 2.50 bits per heavy atom. The Morgan fingerprint density at radius 1 is 1.07 bits per heavy atom. The van der Waals surface area contributed by atoms with Crippen LogP contribution in [0, 0.1) is 0 Å². The molecule has 3 rings (SSSR count). The Bertz CT molecular complexity index is 837. The van der Waals surface area contributed by atoms with E-state index in [1.807, 2.05) is 12.1 Å². The molecule has 2 aromatic carbocycles. The van der Waals surface area contributed by atoms with Gasteiger partial charge >= 0.3 is 0 Å². The molecular weight excluding hydrogens is 403 g/mol. The number of ether oxygens (including phenoxy) is 2. The molecule has 1 N–H and O–H groups in total. The van der Waals surface area contributed by atoms with Gasteiger partial charge in [0, 0.05) is 36.3 Å². The van der Waals surface area contributed by atoms with E-state index in [4.69, 9.17) is 32.7 Å². The molecule has 0 bridgehead atoms. The molecule has 148 valence electrons. The molecule has 1 aliphatic rings. The van der Waals surface area contributed by atoms with E-state index in [1.54, 1.807) is 35.2 Å². The SMILES string of the molecule is O=C(COc1cc(Cl)ccc1Cl)NCc1ccc(C(=O)N2CCOCC2)cc1. The largest absolute Gasteiger partial charge is 0.482 e. The van der Waals surface area contributed by atoms with Crippen molar-refractivity contribution in [2.24, 2.45) is 0 Å². The average molecular weight is 423 g/mol. The van der Waals surface area contributed by atoms with Crippen molar-refractivity contribution in [2.75, 3.05) is 32.9 Å². The Hall–Kier alpha value is -2.28. The maximum absolute atomic E-state index is 12.4. The third kappa shape index (κ3) is 5.61. The van der Waals surface area contributed by atoms with E-state index in [2.05, 4.69) is 5.32 Å². The van der Waals surface area contributed by atoms with Gasteiger partial charge in [0.05, 0.1) is 18.2 Å². The standard InChI is InChI=1S/C20H20Cl2N2O4/c21-16-5-6-17(22)18(11-16)28-13-19(25)23-12-14-1-3-15(4-2-14)20(26)24-7-9-27-10-8-24/h1-6,11H,7-10,12-13H2,(H,23,25). The van der Waals surface area contributed by atoms with Crippen LogP contribution in [0.5, 0.6) is 5.75 Å². The summed E-state index contributed by atoms with van der Waals surface area (Å²) >= 11 is 11.9. The number of halogens is 2. The lowest BCUT2D eigenvalue weighted by Gasteiger charge is -2.26. The highest BCUT2D eigenvalue weighted by Crippen LogP contribution is 2.27. The van der Waals surface area contributed by atoms with Gasteiger partial charge in [0.1, 0.15) is 5.75 Å². The molecule has 1 saturated heterocycles. The summed E-state index contributed by atoms with van der Waals surface area (Å²) < 4.78 is 10.7.